The maximum atomic E-state index is 6.30. The molecule has 1 atom stereocenters. The van der Waals surface area contributed by atoms with Crippen molar-refractivity contribution in [1.82, 2.24) is 15.1 Å². The van der Waals surface area contributed by atoms with Crippen LogP contribution in [0.3, 0.4) is 0 Å². The van der Waals surface area contributed by atoms with Crippen molar-refractivity contribution in [3.05, 3.63) is 50.2 Å². The Bertz CT molecular complexity index is 583. The van der Waals surface area contributed by atoms with E-state index in [1.54, 1.807) is 6.20 Å². The van der Waals surface area contributed by atoms with Crippen LogP contribution >= 0.6 is 39.1 Å². The molecule has 0 saturated carbocycles. The smallest absolute Gasteiger partial charge is 0.0837 e. The normalized spacial score (nSPS) is 12.7. The second kappa shape index (κ2) is 6.27. The number of rotatable bonds is 4. The molecule has 0 saturated heterocycles. The lowest BCUT2D eigenvalue weighted by Gasteiger charge is -2.20. The quantitative estimate of drug-likeness (QED) is 0.879. The van der Waals surface area contributed by atoms with Gasteiger partial charge in [0.2, 0.25) is 0 Å². The molecule has 0 aliphatic heterocycles. The van der Waals surface area contributed by atoms with Gasteiger partial charge in [-0.25, -0.2) is 0 Å². The van der Waals surface area contributed by atoms with E-state index >= 15 is 0 Å². The van der Waals surface area contributed by atoms with Crippen LogP contribution in [0.5, 0.6) is 0 Å². The average Bonchev–Trinajstić information content (AvgIpc) is 2.76. The molecule has 0 bridgehead atoms. The standard InChI is InChI=1S/C13H14BrCl2N3/c1-3-19-13(11(16)7-18-19)12(17-2)9-6-8(14)4-5-10(9)15/h4-7,12,17H,3H2,1-2H3. The summed E-state index contributed by atoms with van der Waals surface area (Å²) in [5, 5.41) is 8.86. The lowest BCUT2D eigenvalue weighted by molar-refractivity contribution is 0.563. The molecule has 1 unspecified atom stereocenters. The molecular weight excluding hydrogens is 349 g/mol. The SMILES string of the molecule is CCn1ncc(Cl)c1C(NC)c1cc(Br)ccc1Cl. The van der Waals surface area contributed by atoms with Crippen LogP contribution in [0.1, 0.15) is 24.2 Å². The van der Waals surface area contributed by atoms with Gasteiger partial charge in [-0.2, -0.15) is 5.10 Å². The topological polar surface area (TPSA) is 29.9 Å². The largest absolute Gasteiger partial charge is 0.308 e. The van der Waals surface area contributed by atoms with Gasteiger partial charge >= 0.3 is 0 Å². The van der Waals surface area contributed by atoms with Crippen LogP contribution in [0.4, 0.5) is 0 Å². The van der Waals surface area contributed by atoms with Crippen molar-refractivity contribution in [3.8, 4) is 0 Å². The van der Waals surface area contributed by atoms with Crippen molar-refractivity contribution in [3.63, 3.8) is 0 Å². The Hall–Kier alpha value is -0.550. The van der Waals surface area contributed by atoms with E-state index in [4.69, 9.17) is 23.2 Å². The summed E-state index contributed by atoms with van der Waals surface area (Å²) in [6.07, 6.45) is 1.66. The zero-order valence-corrected chi connectivity index (χ0v) is 13.7. The summed E-state index contributed by atoms with van der Waals surface area (Å²) in [7, 11) is 1.88. The first-order valence-electron chi connectivity index (χ1n) is 5.91. The van der Waals surface area contributed by atoms with Gasteiger partial charge in [-0.15, -0.1) is 0 Å². The van der Waals surface area contributed by atoms with Gasteiger partial charge in [0, 0.05) is 16.0 Å². The lowest BCUT2D eigenvalue weighted by Crippen LogP contribution is -2.22. The predicted molar refractivity (Wildman–Crippen MR) is 83.0 cm³/mol. The number of nitrogens with one attached hydrogen (secondary N) is 1. The fraction of sp³-hybridized carbons (Fsp3) is 0.308. The van der Waals surface area contributed by atoms with Crippen LogP contribution < -0.4 is 5.32 Å². The average molecular weight is 363 g/mol. The van der Waals surface area contributed by atoms with Crippen LogP contribution in [0, 0.1) is 0 Å². The van der Waals surface area contributed by atoms with E-state index in [1.165, 1.54) is 0 Å². The van der Waals surface area contributed by atoms with E-state index in [-0.39, 0.29) is 6.04 Å². The van der Waals surface area contributed by atoms with E-state index in [0.717, 1.165) is 22.3 Å². The van der Waals surface area contributed by atoms with E-state index in [2.05, 4.69) is 26.3 Å². The summed E-state index contributed by atoms with van der Waals surface area (Å²) in [5.41, 5.74) is 1.89. The number of benzene rings is 1. The molecule has 0 aliphatic carbocycles. The maximum absolute atomic E-state index is 6.30. The van der Waals surface area contributed by atoms with Crippen LogP contribution in [-0.2, 0) is 6.54 Å². The Kier molecular flexibility index (Phi) is 4.90. The molecule has 1 heterocycles. The zero-order valence-electron chi connectivity index (χ0n) is 10.6. The molecule has 3 nitrogen and oxygen atoms in total. The van der Waals surface area contributed by atoms with Crippen LogP contribution in [0.15, 0.2) is 28.9 Å². The first-order valence-corrected chi connectivity index (χ1v) is 7.46. The number of hydrogen-bond donors (Lipinski definition) is 1. The number of halogens is 3. The molecule has 2 rings (SSSR count). The maximum Gasteiger partial charge on any atom is 0.0837 e. The molecule has 19 heavy (non-hydrogen) atoms. The molecular formula is C13H14BrCl2N3. The molecule has 0 amide bonds. The molecule has 1 aromatic carbocycles. The van der Waals surface area contributed by atoms with Crippen molar-refractivity contribution < 1.29 is 0 Å². The van der Waals surface area contributed by atoms with Crippen LogP contribution in [0.25, 0.3) is 0 Å². The lowest BCUT2D eigenvalue weighted by atomic mass is 10.0. The van der Waals surface area contributed by atoms with Gasteiger partial charge in [0.25, 0.3) is 0 Å². The minimum absolute atomic E-state index is 0.0973. The molecule has 0 fully saturated rings. The van der Waals surface area contributed by atoms with Gasteiger partial charge in [0.05, 0.1) is 23.0 Å². The summed E-state index contributed by atoms with van der Waals surface area (Å²) in [6, 6.07) is 5.68. The Labute approximate surface area is 131 Å². The predicted octanol–water partition coefficient (Wildman–Crippen LogP) is 4.28. The molecule has 1 aromatic heterocycles. The van der Waals surface area contributed by atoms with E-state index in [1.807, 2.05) is 36.9 Å². The Morgan fingerprint density at radius 3 is 2.74 bits per heavy atom. The molecule has 0 aliphatic rings. The Morgan fingerprint density at radius 2 is 2.11 bits per heavy atom. The summed E-state index contributed by atoms with van der Waals surface area (Å²) >= 11 is 16.0. The molecule has 6 heteroatoms. The van der Waals surface area contributed by atoms with Gasteiger partial charge in [-0.3, -0.25) is 4.68 Å². The fourth-order valence-corrected chi connectivity index (χ4v) is 2.94. The Morgan fingerprint density at radius 1 is 1.37 bits per heavy atom. The van der Waals surface area contributed by atoms with Crippen molar-refractivity contribution >= 4 is 39.1 Å². The van der Waals surface area contributed by atoms with Crippen LogP contribution in [0.2, 0.25) is 10.0 Å². The van der Waals surface area contributed by atoms with Crippen molar-refractivity contribution in [2.24, 2.45) is 0 Å². The summed E-state index contributed by atoms with van der Waals surface area (Å²) in [4.78, 5) is 0. The molecule has 2 aromatic rings. The third-order valence-electron chi connectivity index (χ3n) is 2.96. The van der Waals surface area contributed by atoms with Crippen LogP contribution in [-0.4, -0.2) is 16.8 Å². The Balaban J connectivity index is 2.56. The third kappa shape index (κ3) is 2.97. The van der Waals surface area contributed by atoms with Gasteiger partial charge in [0.15, 0.2) is 0 Å². The highest BCUT2D eigenvalue weighted by Gasteiger charge is 2.22. The second-order valence-electron chi connectivity index (χ2n) is 4.08. The number of aryl methyl sites for hydroxylation is 1. The monoisotopic (exact) mass is 361 g/mol. The number of nitrogens with zero attached hydrogens (tertiary/aromatic N) is 2. The summed E-state index contributed by atoms with van der Waals surface area (Å²) in [5.74, 6) is 0. The summed E-state index contributed by atoms with van der Waals surface area (Å²) < 4.78 is 2.85. The first kappa shape index (κ1) is 14.9. The van der Waals surface area contributed by atoms with Crippen molar-refractivity contribution in [2.75, 3.05) is 7.05 Å². The van der Waals surface area contributed by atoms with E-state index in [0.29, 0.717) is 10.0 Å². The number of aromatic nitrogens is 2. The summed E-state index contributed by atoms with van der Waals surface area (Å²) in [6.45, 7) is 2.79. The van der Waals surface area contributed by atoms with Gasteiger partial charge in [0.1, 0.15) is 0 Å². The molecule has 0 radical (unpaired) electrons. The van der Waals surface area contributed by atoms with E-state index < -0.39 is 0 Å². The second-order valence-corrected chi connectivity index (χ2v) is 5.81. The zero-order chi connectivity index (χ0) is 14.0. The fourth-order valence-electron chi connectivity index (χ4n) is 2.09. The molecule has 1 N–H and O–H groups in total. The van der Waals surface area contributed by atoms with Gasteiger partial charge in [-0.05, 0) is 37.7 Å². The number of hydrogen-bond acceptors (Lipinski definition) is 2. The molecule has 102 valence electrons. The highest BCUT2D eigenvalue weighted by molar-refractivity contribution is 9.10. The highest BCUT2D eigenvalue weighted by atomic mass is 79.9. The first-order chi connectivity index (χ1) is 9.08. The molecule has 0 spiro atoms. The van der Waals surface area contributed by atoms with Crippen molar-refractivity contribution in [1.29, 1.82) is 0 Å². The minimum atomic E-state index is -0.0973. The van der Waals surface area contributed by atoms with Crippen molar-refractivity contribution in [2.45, 2.75) is 19.5 Å². The van der Waals surface area contributed by atoms with Gasteiger partial charge < -0.3 is 5.32 Å². The minimum Gasteiger partial charge on any atom is -0.308 e. The third-order valence-corrected chi connectivity index (χ3v) is 4.09. The van der Waals surface area contributed by atoms with Gasteiger partial charge in [-0.1, -0.05) is 39.1 Å². The van der Waals surface area contributed by atoms with E-state index in [9.17, 15) is 0 Å². The highest BCUT2D eigenvalue weighted by Crippen LogP contribution is 2.33.